The molecule has 0 amide bonds. The number of carboxylic acids is 1. The maximum absolute atomic E-state index is 14.2. The highest BCUT2D eigenvalue weighted by atomic mass is 35.5. The molecular weight excluding hydrogens is 582 g/mol. The maximum Gasteiger partial charge on any atom is 0.416 e. The number of rotatable bonds is 8. The Balaban J connectivity index is 1.41. The number of benzene rings is 3. The minimum atomic E-state index is -4.72. The van der Waals surface area contributed by atoms with Crippen LogP contribution in [0.1, 0.15) is 58.0 Å². The van der Waals surface area contributed by atoms with Gasteiger partial charge in [0.05, 0.1) is 32.5 Å². The number of nitrogens with one attached hydrogen (secondary N) is 1. The number of carbonyl (C=O) groups is 1. The van der Waals surface area contributed by atoms with E-state index in [0.29, 0.717) is 30.6 Å². The van der Waals surface area contributed by atoms with Gasteiger partial charge in [-0.05, 0) is 73.7 Å². The van der Waals surface area contributed by atoms with Crippen molar-refractivity contribution in [2.45, 2.75) is 38.0 Å². The number of allylic oxidation sites excluding steroid dienone is 1. The maximum atomic E-state index is 14.2. The van der Waals surface area contributed by atoms with Gasteiger partial charge in [0.1, 0.15) is 30.0 Å². The number of aromatic carboxylic acids is 1. The van der Waals surface area contributed by atoms with Crippen molar-refractivity contribution in [2.24, 2.45) is 5.92 Å². The summed E-state index contributed by atoms with van der Waals surface area (Å²) in [6.45, 7) is -0.376. The first kappa shape index (κ1) is 28.8. The lowest BCUT2D eigenvalue weighted by atomic mass is 9.93. The van der Waals surface area contributed by atoms with E-state index in [-0.39, 0.29) is 68.5 Å². The molecule has 1 aliphatic carbocycles. The summed E-state index contributed by atoms with van der Waals surface area (Å²) < 4.78 is 54.2. The van der Waals surface area contributed by atoms with Crippen LogP contribution in [0.15, 0.2) is 65.9 Å². The zero-order valence-corrected chi connectivity index (χ0v) is 22.9. The molecule has 0 bridgehead atoms. The van der Waals surface area contributed by atoms with Crippen LogP contribution in [0, 0.1) is 11.3 Å². The largest absolute Gasteiger partial charge is 0.512 e. The number of halogens is 5. The van der Waals surface area contributed by atoms with Crippen LogP contribution in [-0.4, -0.2) is 28.5 Å². The number of ether oxygens (including phenoxy) is 2. The molecule has 1 heterocycles. The summed E-state index contributed by atoms with van der Waals surface area (Å²) in [6, 6.07) is 12.5. The van der Waals surface area contributed by atoms with Crippen LogP contribution in [0.5, 0.6) is 11.5 Å². The first-order valence-electron chi connectivity index (χ1n) is 12.8. The Bertz CT molecular complexity index is 1550. The van der Waals surface area contributed by atoms with Gasteiger partial charge in [0, 0.05) is 17.0 Å². The van der Waals surface area contributed by atoms with Crippen molar-refractivity contribution in [3.05, 3.63) is 104 Å². The fourth-order valence-electron chi connectivity index (χ4n) is 4.81. The van der Waals surface area contributed by atoms with E-state index >= 15 is 0 Å². The molecule has 5 rings (SSSR count). The number of alkyl halides is 3. The molecule has 0 radical (unpaired) electrons. The lowest BCUT2D eigenvalue weighted by Crippen LogP contribution is -2.20. The Morgan fingerprint density at radius 2 is 1.73 bits per heavy atom. The Morgan fingerprint density at radius 3 is 2.37 bits per heavy atom. The van der Waals surface area contributed by atoms with Crippen LogP contribution in [0.25, 0.3) is 0 Å². The van der Waals surface area contributed by atoms with Crippen LogP contribution in [0.3, 0.4) is 0 Å². The second-order valence-corrected chi connectivity index (χ2v) is 10.7. The summed E-state index contributed by atoms with van der Waals surface area (Å²) >= 11 is 12.5. The first-order valence-corrected chi connectivity index (χ1v) is 13.5. The minimum absolute atomic E-state index is 0.0704. The SMILES string of the molecule is N=C(/C(COc1ccc(C2CCc3cc(C(=O)O)ccc3O2)c(C(F)(F)F)c1)=C(\O)C1CC1)c1c(Cl)cccc1Cl. The molecule has 1 saturated carbocycles. The highest BCUT2D eigenvalue weighted by Crippen LogP contribution is 2.43. The smallest absolute Gasteiger partial charge is 0.416 e. The monoisotopic (exact) mass is 605 g/mol. The van der Waals surface area contributed by atoms with Crippen LogP contribution >= 0.6 is 23.2 Å². The van der Waals surface area contributed by atoms with Crippen molar-refractivity contribution in [1.29, 1.82) is 5.41 Å². The molecule has 0 saturated heterocycles. The highest BCUT2D eigenvalue weighted by Gasteiger charge is 2.38. The molecule has 6 nitrogen and oxygen atoms in total. The Morgan fingerprint density at radius 1 is 1.02 bits per heavy atom. The normalized spacial score (nSPS) is 17.2. The third kappa shape index (κ3) is 6.16. The summed E-state index contributed by atoms with van der Waals surface area (Å²) in [5, 5.41) is 29.1. The fourth-order valence-corrected chi connectivity index (χ4v) is 5.40. The van der Waals surface area contributed by atoms with E-state index in [2.05, 4.69) is 0 Å². The highest BCUT2D eigenvalue weighted by molar-refractivity contribution is 6.41. The number of aliphatic hydroxyl groups is 1. The number of hydrogen-bond acceptors (Lipinski definition) is 5. The topological polar surface area (TPSA) is 99.8 Å². The predicted octanol–water partition coefficient (Wildman–Crippen LogP) is 8.45. The summed E-state index contributed by atoms with van der Waals surface area (Å²) in [7, 11) is 0. The molecule has 2 aliphatic rings. The summed E-state index contributed by atoms with van der Waals surface area (Å²) in [5.74, 6) is -1.11. The summed E-state index contributed by atoms with van der Waals surface area (Å²) in [4.78, 5) is 11.2. The van der Waals surface area contributed by atoms with Crippen molar-refractivity contribution in [2.75, 3.05) is 6.61 Å². The lowest BCUT2D eigenvalue weighted by Gasteiger charge is -2.29. The van der Waals surface area contributed by atoms with E-state index in [1.165, 1.54) is 30.3 Å². The predicted molar refractivity (Wildman–Crippen MR) is 148 cm³/mol. The molecule has 11 heteroatoms. The molecule has 214 valence electrons. The summed E-state index contributed by atoms with van der Waals surface area (Å²) in [6.07, 6.45) is -3.64. The van der Waals surface area contributed by atoms with Crippen molar-refractivity contribution < 1.29 is 37.7 Å². The second-order valence-electron chi connectivity index (χ2n) is 9.92. The number of aryl methyl sites for hydroxylation is 1. The Hall–Kier alpha value is -3.69. The van der Waals surface area contributed by atoms with Gasteiger partial charge in [0.25, 0.3) is 0 Å². The van der Waals surface area contributed by atoms with Crippen LogP contribution in [-0.2, 0) is 12.6 Å². The molecule has 1 atom stereocenters. The number of hydrogen-bond donors (Lipinski definition) is 3. The molecule has 1 aliphatic heterocycles. The van der Waals surface area contributed by atoms with Gasteiger partial charge in [-0.3, -0.25) is 5.41 Å². The van der Waals surface area contributed by atoms with E-state index in [0.717, 1.165) is 6.07 Å². The van der Waals surface area contributed by atoms with Gasteiger partial charge >= 0.3 is 12.1 Å². The van der Waals surface area contributed by atoms with Gasteiger partial charge in [-0.15, -0.1) is 0 Å². The van der Waals surface area contributed by atoms with Crippen LogP contribution < -0.4 is 9.47 Å². The van der Waals surface area contributed by atoms with Crippen molar-refractivity contribution in [1.82, 2.24) is 0 Å². The van der Waals surface area contributed by atoms with Gasteiger partial charge in [0.2, 0.25) is 0 Å². The quantitative estimate of drug-likeness (QED) is 0.177. The number of aliphatic hydroxyl groups excluding tert-OH is 1. The van der Waals surface area contributed by atoms with E-state index in [9.17, 15) is 28.2 Å². The standard InChI is InChI=1S/C30H24Cl2F3NO5/c31-22-2-1-3-23(32)26(22)27(36)20(28(37)15-4-5-15)14-40-18-8-9-19(21(13-18)30(33,34)35)25-11-6-16-12-17(29(38)39)7-10-24(16)41-25/h1-3,7-10,12-13,15,25,36-37H,4-6,11,14H2,(H,38,39)/b28-20-,36-27?. The van der Waals surface area contributed by atoms with Crippen molar-refractivity contribution >= 4 is 34.9 Å². The van der Waals surface area contributed by atoms with E-state index in [1.807, 2.05) is 0 Å². The van der Waals surface area contributed by atoms with Crippen LogP contribution in [0.2, 0.25) is 10.0 Å². The Kier molecular flexibility index (Phi) is 7.94. The third-order valence-corrected chi connectivity index (χ3v) is 7.73. The minimum Gasteiger partial charge on any atom is -0.512 e. The zero-order valence-electron chi connectivity index (χ0n) is 21.4. The van der Waals surface area contributed by atoms with Gasteiger partial charge < -0.3 is 19.7 Å². The summed E-state index contributed by atoms with van der Waals surface area (Å²) in [5.41, 5.74) is -0.208. The zero-order chi connectivity index (χ0) is 29.5. The number of fused-ring (bicyclic) bond motifs is 1. The Labute approximate surface area is 243 Å². The lowest BCUT2D eigenvalue weighted by molar-refractivity contribution is -0.139. The van der Waals surface area contributed by atoms with Gasteiger partial charge in [0.15, 0.2) is 0 Å². The fraction of sp³-hybridized carbons (Fsp3) is 0.267. The average molecular weight is 606 g/mol. The van der Waals surface area contributed by atoms with E-state index < -0.39 is 23.8 Å². The molecule has 1 unspecified atom stereocenters. The molecular formula is C30H24Cl2F3NO5. The molecule has 1 fully saturated rings. The van der Waals surface area contributed by atoms with Crippen molar-refractivity contribution in [3.63, 3.8) is 0 Å². The second kappa shape index (κ2) is 11.3. The third-order valence-electron chi connectivity index (χ3n) is 7.10. The average Bonchev–Trinajstić information content (AvgIpc) is 3.77. The van der Waals surface area contributed by atoms with Crippen molar-refractivity contribution in [3.8, 4) is 11.5 Å². The van der Waals surface area contributed by atoms with Gasteiger partial charge in [-0.2, -0.15) is 13.2 Å². The molecule has 3 aromatic rings. The van der Waals surface area contributed by atoms with E-state index in [4.69, 9.17) is 38.1 Å². The van der Waals surface area contributed by atoms with Gasteiger partial charge in [-0.1, -0.05) is 35.3 Å². The molecule has 3 N–H and O–H groups in total. The van der Waals surface area contributed by atoms with E-state index in [1.54, 1.807) is 18.2 Å². The molecule has 0 aromatic heterocycles. The molecule has 0 spiro atoms. The van der Waals surface area contributed by atoms with Crippen LogP contribution in [0.4, 0.5) is 13.2 Å². The molecule has 3 aromatic carbocycles. The first-order chi connectivity index (χ1) is 19.4. The van der Waals surface area contributed by atoms with Gasteiger partial charge in [-0.25, -0.2) is 4.79 Å². The number of carboxylic acid groups (broad SMARTS) is 1. The molecule has 41 heavy (non-hydrogen) atoms.